The molecule has 0 unspecified atom stereocenters. The molecule has 0 fully saturated rings. The predicted molar refractivity (Wildman–Crippen MR) is 139 cm³/mol. The Morgan fingerprint density at radius 1 is 0.562 bits per heavy atom. The molecule has 1 heteroatoms. The summed E-state index contributed by atoms with van der Waals surface area (Å²) < 4.78 is 0. The Bertz CT molecular complexity index is 1130. The fourth-order valence-corrected chi connectivity index (χ4v) is 4.96. The van der Waals surface area contributed by atoms with Crippen LogP contribution in [0.2, 0.25) is 0 Å². The van der Waals surface area contributed by atoms with Crippen LogP contribution in [-0.4, -0.2) is 0 Å². The van der Waals surface area contributed by atoms with Crippen molar-refractivity contribution in [3.8, 4) is 11.1 Å². The topological polar surface area (TPSA) is 12.0 Å². The minimum atomic E-state index is 0.936. The van der Waals surface area contributed by atoms with Crippen molar-refractivity contribution >= 4 is 11.4 Å². The van der Waals surface area contributed by atoms with Gasteiger partial charge in [-0.2, -0.15) is 0 Å². The Morgan fingerprint density at radius 2 is 1.06 bits per heavy atom. The van der Waals surface area contributed by atoms with Gasteiger partial charge in [0.1, 0.15) is 0 Å². The number of para-hydroxylation sites is 1. The van der Waals surface area contributed by atoms with Gasteiger partial charge in [-0.15, -0.1) is 0 Å². The summed E-state index contributed by atoms with van der Waals surface area (Å²) in [6, 6.07) is 26.6. The van der Waals surface area contributed by atoms with E-state index in [-0.39, 0.29) is 0 Å². The Hall–Kier alpha value is -3.32. The largest absolute Gasteiger partial charge is 0.355 e. The summed E-state index contributed by atoms with van der Waals surface area (Å²) in [7, 11) is 0. The van der Waals surface area contributed by atoms with Crippen LogP contribution in [0.15, 0.2) is 72.8 Å². The third-order valence-electron chi connectivity index (χ3n) is 6.38. The number of benzene rings is 4. The molecule has 0 heterocycles. The Morgan fingerprint density at radius 3 is 1.69 bits per heavy atom. The van der Waals surface area contributed by atoms with Gasteiger partial charge in [0.05, 0.1) is 0 Å². The van der Waals surface area contributed by atoms with Gasteiger partial charge in [0.2, 0.25) is 0 Å². The summed E-state index contributed by atoms with van der Waals surface area (Å²) in [5.74, 6) is 0. The van der Waals surface area contributed by atoms with Crippen LogP contribution in [0.3, 0.4) is 0 Å². The molecule has 32 heavy (non-hydrogen) atoms. The van der Waals surface area contributed by atoms with Gasteiger partial charge >= 0.3 is 0 Å². The van der Waals surface area contributed by atoms with Crippen molar-refractivity contribution in [2.45, 2.75) is 48.0 Å². The molecule has 4 aromatic carbocycles. The van der Waals surface area contributed by atoms with Gasteiger partial charge in [0.25, 0.3) is 0 Å². The number of anilines is 2. The first kappa shape index (κ1) is 21.9. The lowest BCUT2D eigenvalue weighted by molar-refractivity contribution is 1.11. The lowest BCUT2D eigenvalue weighted by atomic mass is 9.90. The van der Waals surface area contributed by atoms with Crippen LogP contribution < -0.4 is 5.32 Å². The third-order valence-corrected chi connectivity index (χ3v) is 6.38. The molecule has 0 aromatic heterocycles. The summed E-state index contributed by atoms with van der Waals surface area (Å²) in [5.41, 5.74) is 15.6. The smallest absolute Gasteiger partial charge is 0.0464 e. The van der Waals surface area contributed by atoms with Gasteiger partial charge < -0.3 is 5.32 Å². The highest BCUT2D eigenvalue weighted by molar-refractivity contribution is 5.84. The van der Waals surface area contributed by atoms with Crippen LogP contribution >= 0.6 is 0 Å². The fourth-order valence-electron chi connectivity index (χ4n) is 4.96. The maximum atomic E-state index is 3.76. The zero-order valence-corrected chi connectivity index (χ0v) is 20.1. The molecular formula is C31H33N. The number of aryl methyl sites for hydroxylation is 6. The average Bonchev–Trinajstić information content (AvgIpc) is 2.74. The van der Waals surface area contributed by atoms with Crippen molar-refractivity contribution in [2.24, 2.45) is 0 Å². The van der Waals surface area contributed by atoms with Gasteiger partial charge in [-0.05, 0) is 93.0 Å². The molecule has 162 valence electrons. The van der Waals surface area contributed by atoms with E-state index in [1.54, 1.807) is 0 Å². The van der Waals surface area contributed by atoms with Crippen molar-refractivity contribution in [3.63, 3.8) is 0 Å². The molecule has 0 aliphatic heterocycles. The average molecular weight is 420 g/mol. The van der Waals surface area contributed by atoms with Gasteiger partial charge in [0.15, 0.2) is 0 Å². The molecule has 1 nitrogen and oxygen atoms in total. The number of hydrogen-bond donors (Lipinski definition) is 1. The summed E-state index contributed by atoms with van der Waals surface area (Å²) in [6.07, 6.45) is 0.936. The summed E-state index contributed by atoms with van der Waals surface area (Å²) in [4.78, 5) is 0. The van der Waals surface area contributed by atoms with E-state index in [1.165, 1.54) is 61.3 Å². The third kappa shape index (κ3) is 4.48. The lowest BCUT2D eigenvalue weighted by Crippen LogP contribution is -2.01. The molecule has 4 aromatic rings. The van der Waals surface area contributed by atoms with Crippen LogP contribution in [0.5, 0.6) is 0 Å². The highest BCUT2D eigenvalue weighted by Gasteiger charge is 2.13. The molecule has 0 aliphatic rings. The first-order valence-electron chi connectivity index (χ1n) is 11.4. The molecule has 0 aliphatic carbocycles. The maximum absolute atomic E-state index is 3.76. The maximum Gasteiger partial charge on any atom is 0.0464 e. The fraction of sp³-hybridized carbons (Fsp3) is 0.226. The van der Waals surface area contributed by atoms with Crippen molar-refractivity contribution in [3.05, 3.63) is 117 Å². The summed E-state index contributed by atoms with van der Waals surface area (Å²) in [6.45, 7) is 13.2. The molecule has 4 rings (SSSR count). The van der Waals surface area contributed by atoms with Crippen LogP contribution in [0.1, 0.15) is 44.5 Å². The number of hydrogen-bond acceptors (Lipinski definition) is 1. The summed E-state index contributed by atoms with van der Waals surface area (Å²) >= 11 is 0. The van der Waals surface area contributed by atoms with Crippen LogP contribution in [0, 0.1) is 41.5 Å². The second-order valence-corrected chi connectivity index (χ2v) is 9.16. The number of nitrogens with one attached hydrogen (secondary N) is 1. The zero-order valence-electron chi connectivity index (χ0n) is 20.1. The molecule has 1 N–H and O–H groups in total. The molecular weight excluding hydrogens is 386 g/mol. The number of rotatable bonds is 5. The van der Waals surface area contributed by atoms with E-state index in [9.17, 15) is 0 Å². The van der Waals surface area contributed by atoms with Crippen molar-refractivity contribution < 1.29 is 0 Å². The second-order valence-electron chi connectivity index (χ2n) is 9.16. The van der Waals surface area contributed by atoms with E-state index < -0.39 is 0 Å². The van der Waals surface area contributed by atoms with Gasteiger partial charge in [-0.3, -0.25) is 0 Å². The molecule has 0 amide bonds. The Labute approximate surface area is 193 Å². The van der Waals surface area contributed by atoms with E-state index in [0.717, 1.165) is 12.1 Å². The molecule has 0 radical (unpaired) electrons. The first-order valence-corrected chi connectivity index (χ1v) is 11.4. The van der Waals surface area contributed by atoms with Crippen LogP contribution in [0.4, 0.5) is 11.4 Å². The van der Waals surface area contributed by atoms with E-state index >= 15 is 0 Å². The van der Waals surface area contributed by atoms with E-state index in [0.29, 0.717) is 0 Å². The molecule has 0 saturated carbocycles. The molecule has 0 atom stereocenters. The Balaban J connectivity index is 1.77. The van der Waals surface area contributed by atoms with E-state index in [4.69, 9.17) is 0 Å². The highest BCUT2D eigenvalue weighted by atomic mass is 14.9. The second kappa shape index (κ2) is 9.04. The predicted octanol–water partition coefficient (Wildman–Crippen LogP) is 8.54. The minimum absolute atomic E-state index is 0.936. The molecule has 0 bridgehead atoms. The van der Waals surface area contributed by atoms with Gasteiger partial charge in [-0.1, -0.05) is 77.9 Å². The normalized spacial score (nSPS) is 10.9. The van der Waals surface area contributed by atoms with Gasteiger partial charge in [-0.25, -0.2) is 0 Å². The Kier molecular flexibility index (Phi) is 6.19. The van der Waals surface area contributed by atoms with E-state index in [2.05, 4.69) is 120 Å². The van der Waals surface area contributed by atoms with Crippen molar-refractivity contribution in [2.75, 3.05) is 5.32 Å². The van der Waals surface area contributed by atoms with Crippen LogP contribution in [-0.2, 0) is 6.42 Å². The SMILES string of the molecule is Cc1cc(C)c(Cc2ccccc2-c2ccccc2Nc2c(C)cc(C)cc2C)c(C)c1. The van der Waals surface area contributed by atoms with Gasteiger partial charge in [0, 0.05) is 16.9 Å². The minimum Gasteiger partial charge on any atom is -0.355 e. The van der Waals surface area contributed by atoms with Crippen molar-refractivity contribution in [1.29, 1.82) is 0 Å². The molecule has 0 spiro atoms. The summed E-state index contributed by atoms with van der Waals surface area (Å²) in [5, 5.41) is 3.76. The standard InChI is InChI=1S/C31H33N/c1-20-15-22(3)29(23(4)16-20)19-26-11-7-8-12-27(26)28-13-9-10-14-30(28)32-31-24(5)17-21(2)18-25(31)6/h7-18,32H,19H2,1-6H3. The quantitative estimate of drug-likeness (QED) is 0.342. The van der Waals surface area contributed by atoms with E-state index in [1.807, 2.05) is 0 Å². The monoisotopic (exact) mass is 419 g/mol. The van der Waals surface area contributed by atoms with Crippen molar-refractivity contribution in [1.82, 2.24) is 0 Å². The van der Waals surface area contributed by atoms with Crippen LogP contribution in [0.25, 0.3) is 11.1 Å². The highest BCUT2D eigenvalue weighted by Crippen LogP contribution is 2.36. The molecule has 0 saturated heterocycles. The zero-order chi connectivity index (χ0) is 22.8. The first-order chi connectivity index (χ1) is 15.3. The lowest BCUT2D eigenvalue weighted by Gasteiger charge is -2.19.